The monoisotopic (exact) mass is 589 g/mol. The Kier molecular flexibility index (Phi) is 5.17. The second kappa shape index (κ2) is 9.43. The lowest BCUT2D eigenvalue weighted by Crippen LogP contribution is -2.04. The van der Waals surface area contributed by atoms with Crippen LogP contribution < -0.4 is 0 Å². The Labute approximate surface area is 264 Å². The van der Waals surface area contributed by atoms with Crippen LogP contribution in [-0.4, -0.2) is 14.1 Å². The van der Waals surface area contributed by atoms with E-state index in [4.69, 9.17) is 9.40 Å². The number of rotatable bonds is 3. The molecule has 0 N–H and O–H groups in total. The second-order valence-corrected chi connectivity index (χ2v) is 12.1. The van der Waals surface area contributed by atoms with E-state index in [-0.39, 0.29) is 0 Å². The fraction of sp³-hybridized carbons (Fsp3) is 0.0238. The highest BCUT2D eigenvalue weighted by atomic mass is 16.3. The van der Waals surface area contributed by atoms with Crippen LogP contribution in [0.4, 0.5) is 0 Å². The number of aromatic nitrogens is 3. The molecule has 4 nitrogen and oxygen atoms in total. The number of fused-ring (bicyclic) bond motifs is 9. The van der Waals surface area contributed by atoms with Gasteiger partial charge in [-0.3, -0.25) is 9.13 Å². The Hall–Kier alpha value is -6.13. The summed E-state index contributed by atoms with van der Waals surface area (Å²) in [4.78, 5) is 5.54. The van der Waals surface area contributed by atoms with Crippen LogP contribution in [0.15, 0.2) is 150 Å². The summed E-state index contributed by atoms with van der Waals surface area (Å²) in [6.45, 7) is 2.18. The predicted octanol–water partition coefficient (Wildman–Crippen LogP) is 11.2. The van der Waals surface area contributed by atoms with Crippen LogP contribution in [-0.2, 0) is 0 Å². The maximum atomic E-state index is 6.77. The zero-order valence-corrected chi connectivity index (χ0v) is 25.1. The Balaban J connectivity index is 1.39. The highest BCUT2D eigenvalue weighted by Crippen LogP contribution is 2.41. The number of aryl methyl sites for hydroxylation is 1. The quantitative estimate of drug-likeness (QED) is 0.205. The number of nitrogens with zero attached hydrogens (tertiary/aromatic N) is 3. The van der Waals surface area contributed by atoms with E-state index in [1.165, 1.54) is 38.2 Å². The third-order valence-electron chi connectivity index (χ3n) is 9.45. The first-order valence-electron chi connectivity index (χ1n) is 15.6. The summed E-state index contributed by atoms with van der Waals surface area (Å²) in [6.07, 6.45) is 0. The number of hydrogen-bond donors (Lipinski definition) is 0. The summed E-state index contributed by atoms with van der Waals surface area (Å²) in [5.41, 5.74) is 9.64. The van der Waals surface area contributed by atoms with Gasteiger partial charge in [0.1, 0.15) is 11.4 Å². The summed E-state index contributed by atoms with van der Waals surface area (Å²) in [5, 5.41) is 6.92. The van der Waals surface area contributed by atoms with E-state index < -0.39 is 0 Å². The van der Waals surface area contributed by atoms with Gasteiger partial charge in [0.15, 0.2) is 11.4 Å². The van der Waals surface area contributed by atoms with Crippen molar-refractivity contribution in [3.8, 4) is 22.8 Å². The van der Waals surface area contributed by atoms with Crippen LogP contribution >= 0.6 is 0 Å². The number of benzene rings is 6. The number of hydrogen-bond acceptors (Lipinski definition) is 2. The molecule has 0 aliphatic carbocycles. The lowest BCUT2D eigenvalue weighted by Gasteiger charge is -2.13. The molecule has 216 valence electrons. The Morgan fingerprint density at radius 2 is 1.09 bits per heavy atom. The molecule has 0 unspecified atom stereocenters. The van der Waals surface area contributed by atoms with Crippen molar-refractivity contribution in [2.24, 2.45) is 0 Å². The molecule has 10 aromatic rings. The number of pyridine rings is 1. The molecule has 0 aliphatic rings. The first-order chi connectivity index (χ1) is 22.7. The maximum Gasteiger partial charge on any atom is 0.183 e. The fourth-order valence-electron chi connectivity index (χ4n) is 7.40. The Morgan fingerprint density at radius 3 is 1.80 bits per heavy atom. The molecule has 0 amide bonds. The molecule has 0 spiro atoms. The SMILES string of the molecule is Cc1cccc2c3ccccc3n(-c3cc4c(oc5ccc(-c6ccccc6)cc54)c(-n4c5ccccc5c5ccccc54)n3)c12. The van der Waals surface area contributed by atoms with Gasteiger partial charge in [-0.05, 0) is 60.0 Å². The second-order valence-electron chi connectivity index (χ2n) is 12.1. The molecule has 0 saturated carbocycles. The van der Waals surface area contributed by atoms with Crippen LogP contribution in [0.1, 0.15) is 5.56 Å². The molecule has 4 heteroatoms. The molecule has 0 atom stereocenters. The smallest absolute Gasteiger partial charge is 0.183 e. The fourth-order valence-corrected chi connectivity index (χ4v) is 7.40. The van der Waals surface area contributed by atoms with E-state index in [2.05, 4.69) is 162 Å². The van der Waals surface area contributed by atoms with Crippen LogP contribution in [0.2, 0.25) is 0 Å². The highest BCUT2D eigenvalue weighted by molar-refractivity contribution is 6.14. The number of furan rings is 1. The van der Waals surface area contributed by atoms with Crippen molar-refractivity contribution in [3.63, 3.8) is 0 Å². The van der Waals surface area contributed by atoms with Gasteiger partial charge in [-0.1, -0.05) is 109 Å². The van der Waals surface area contributed by atoms with Crippen molar-refractivity contribution >= 4 is 65.6 Å². The topological polar surface area (TPSA) is 35.9 Å². The van der Waals surface area contributed by atoms with Crippen molar-refractivity contribution in [2.45, 2.75) is 6.92 Å². The minimum atomic E-state index is 0.771. The molecule has 46 heavy (non-hydrogen) atoms. The van der Waals surface area contributed by atoms with Gasteiger partial charge in [-0.15, -0.1) is 0 Å². The molecule has 6 aromatic carbocycles. The lowest BCUT2D eigenvalue weighted by molar-refractivity contribution is 0.663. The molecule has 0 bridgehead atoms. The minimum absolute atomic E-state index is 0.771. The average Bonchev–Trinajstić information content (AvgIpc) is 3.77. The first kappa shape index (κ1) is 25.2. The third kappa shape index (κ3) is 3.47. The molecule has 0 aliphatic heterocycles. The van der Waals surface area contributed by atoms with Gasteiger partial charge in [0.2, 0.25) is 0 Å². The van der Waals surface area contributed by atoms with E-state index in [1.54, 1.807) is 0 Å². The van der Waals surface area contributed by atoms with Gasteiger partial charge in [0.05, 0.1) is 22.1 Å². The molecular weight excluding hydrogens is 562 g/mol. The predicted molar refractivity (Wildman–Crippen MR) is 190 cm³/mol. The van der Waals surface area contributed by atoms with Gasteiger partial charge < -0.3 is 4.42 Å². The van der Waals surface area contributed by atoms with E-state index >= 15 is 0 Å². The summed E-state index contributed by atoms with van der Waals surface area (Å²) in [5.74, 6) is 1.64. The van der Waals surface area contributed by atoms with Crippen LogP contribution in [0.3, 0.4) is 0 Å². The lowest BCUT2D eigenvalue weighted by atomic mass is 10.0. The van der Waals surface area contributed by atoms with Gasteiger partial charge in [0.25, 0.3) is 0 Å². The largest absolute Gasteiger partial charge is 0.452 e. The molecule has 4 aromatic heterocycles. The molecular formula is C42H27N3O. The first-order valence-corrected chi connectivity index (χ1v) is 15.6. The van der Waals surface area contributed by atoms with E-state index in [0.717, 1.165) is 55.7 Å². The highest BCUT2D eigenvalue weighted by Gasteiger charge is 2.23. The summed E-state index contributed by atoms with van der Waals surface area (Å²) < 4.78 is 11.4. The third-order valence-corrected chi connectivity index (χ3v) is 9.45. The molecule has 0 radical (unpaired) electrons. The van der Waals surface area contributed by atoms with Crippen molar-refractivity contribution in [1.29, 1.82) is 0 Å². The zero-order chi connectivity index (χ0) is 30.4. The zero-order valence-electron chi connectivity index (χ0n) is 25.1. The number of para-hydroxylation sites is 4. The standard InChI is InChI=1S/C42H27N3O/c1-26-12-11-18-32-31-17-7-10-21-37(31)45(40(26)32)39-25-34-33-24-28(27-13-3-2-4-14-27)22-23-38(33)46-41(34)42(43-39)44-35-19-8-5-15-29(35)30-16-6-9-20-36(30)44/h2-25H,1H3. The van der Waals surface area contributed by atoms with Gasteiger partial charge >= 0.3 is 0 Å². The van der Waals surface area contributed by atoms with E-state index in [1.807, 2.05) is 0 Å². The molecule has 10 rings (SSSR count). The average molecular weight is 590 g/mol. The van der Waals surface area contributed by atoms with Crippen molar-refractivity contribution in [3.05, 3.63) is 151 Å². The van der Waals surface area contributed by atoms with Crippen LogP contribution in [0.5, 0.6) is 0 Å². The normalized spacial score (nSPS) is 12.0. The van der Waals surface area contributed by atoms with E-state index in [0.29, 0.717) is 0 Å². The summed E-state index contributed by atoms with van der Waals surface area (Å²) in [6, 6.07) is 51.5. The summed E-state index contributed by atoms with van der Waals surface area (Å²) in [7, 11) is 0. The Morgan fingerprint density at radius 1 is 0.478 bits per heavy atom. The molecule has 0 saturated heterocycles. The van der Waals surface area contributed by atoms with Crippen molar-refractivity contribution in [1.82, 2.24) is 14.1 Å². The molecule has 4 heterocycles. The van der Waals surface area contributed by atoms with Gasteiger partial charge in [-0.25, -0.2) is 4.98 Å². The Bertz CT molecular complexity index is 2760. The maximum absolute atomic E-state index is 6.77. The van der Waals surface area contributed by atoms with Crippen molar-refractivity contribution < 1.29 is 4.42 Å². The van der Waals surface area contributed by atoms with Crippen LogP contribution in [0.25, 0.3) is 88.3 Å². The van der Waals surface area contributed by atoms with E-state index in [9.17, 15) is 0 Å². The van der Waals surface area contributed by atoms with Gasteiger partial charge in [0, 0.05) is 32.3 Å². The van der Waals surface area contributed by atoms with Crippen molar-refractivity contribution in [2.75, 3.05) is 0 Å². The minimum Gasteiger partial charge on any atom is -0.452 e. The summed E-state index contributed by atoms with van der Waals surface area (Å²) >= 11 is 0. The van der Waals surface area contributed by atoms with Crippen LogP contribution in [0, 0.1) is 6.92 Å². The van der Waals surface area contributed by atoms with Gasteiger partial charge in [-0.2, -0.15) is 0 Å². The molecule has 0 fully saturated rings.